The molecule has 14 aromatic rings. The van der Waals surface area contributed by atoms with Crippen LogP contribution in [0.2, 0.25) is 20.1 Å². The zero-order valence-electron chi connectivity index (χ0n) is 77.5. The highest BCUT2D eigenvalue weighted by atomic mass is 35.5. The van der Waals surface area contributed by atoms with Crippen molar-refractivity contribution in [3.63, 3.8) is 0 Å². The maximum atomic E-state index is 13.1. The zero-order valence-corrected chi connectivity index (χ0v) is 83.8. The normalized spacial score (nSPS) is 12.0. The maximum Gasteiger partial charge on any atom is 0.433 e. The Morgan fingerprint density at radius 2 is 0.625 bits per heavy atom. The van der Waals surface area contributed by atoms with Crippen molar-refractivity contribution in [2.75, 3.05) is 87.2 Å². The van der Waals surface area contributed by atoms with Crippen molar-refractivity contribution < 1.29 is 85.2 Å². The molecule has 30 nitrogen and oxygen atoms in total. The second-order valence-corrected chi connectivity index (χ2v) is 43.2. The molecule has 742 valence electrons. The molecule has 1 saturated heterocycles. The number of pyridine rings is 5. The van der Waals surface area contributed by atoms with Crippen LogP contribution in [-0.4, -0.2) is 155 Å². The van der Waals surface area contributed by atoms with Crippen molar-refractivity contribution in [3.05, 3.63) is 373 Å². The molecule has 1 fully saturated rings. The lowest BCUT2D eigenvalue weighted by Gasteiger charge is -2.17. The molecule has 0 saturated carbocycles. The van der Waals surface area contributed by atoms with Gasteiger partial charge >= 0.3 is 6.18 Å². The number of amides is 8. The van der Waals surface area contributed by atoms with Gasteiger partial charge in [0.15, 0.2) is 39.3 Å². The van der Waals surface area contributed by atoms with Gasteiger partial charge in [0.1, 0.15) is 5.69 Å². The Labute approximate surface area is 848 Å². The molecule has 0 radical (unpaired) electrons. The predicted octanol–water partition coefficient (Wildman–Crippen LogP) is 20.0. The van der Waals surface area contributed by atoms with Gasteiger partial charge < -0.3 is 42.5 Å². The van der Waals surface area contributed by atoms with Crippen LogP contribution in [0.4, 0.5) is 58.7 Å². The van der Waals surface area contributed by atoms with Crippen molar-refractivity contribution in [1.82, 2.24) is 29.8 Å². The van der Waals surface area contributed by atoms with Crippen LogP contribution in [-0.2, 0) is 78.1 Å². The van der Waals surface area contributed by atoms with Crippen LogP contribution in [0, 0.1) is 6.92 Å². The van der Waals surface area contributed by atoms with Crippen LogP contribution >= 0.6 is 46.4 Å². The zero-order chi connectivity index (χ0) is 104. The van der Waals surface area contributed by atoms with Crippen LogP contribution in [0.25, 0.3) is 45.0 Å². The lowest BCUT2D eigenvalue weighted by atomic mass is 10.1. The molecule has 1 aliphatic rings. The first-order valence-corrected chi connectivity index (χ1v) is 53.3. The molecule has 0 atom stereocenters. The quantitative estimate of drug-likeness (QED) is 0.0226. The van der Waals surface area contributed by atoms with Gasteiger partial charge in [0.05, 0.1) is 83.7 Å². The van der Waals surface area contributed by atoms with Crippen LogP contribution in [0.15, 0.2) is 286 Å². The number of anilines is 8. The molecule has 15 rings (SSSR count). The van der Waals surface area contributed by atoms with Crippen molar-refractivity contribution in [2.24, 2.45) is 0 Å². The summed E-state index contributed by atoms with van der Waals surface area (Å²) in [5.41, 5.74) is 9.09. The van der Waals surface area contributed by atoms with Gasteiger partial charge in [0, 0.05) is 152 Å². The second-order valence-electron chi connectivity index (χ2n) is 33.0. The topological polar surface area (TPSA) is 437 Å². The summed E-state index contributed by atoms with van der Waals surface area (Å²) >= 11 is 25.3. The van der Waals surface area contributed by atoms with Crippen molar-refractivity contribution in [1.29, 1.82) is 0 Å². The first-order chi connectivity index (χ1) is 68.2. The van der Waals surface area contributed by atoms with E-state index in [1.807, 2.05) is 41.3 Å². The van der Waals surface area contributed by atoms with E-state index in [1.165, 1.54) is 74.5 Å². The minimum absolute atomic E-state index is 0.00217. The highest BCUT2D eigenvalue weighted by molar-refractivity contribution is 7.90. The fourth-order valence-electron chi connectivity index (χ4n) is 14.5. The van der Waals surface area contributed by atoms with Crippen LogP contribution in [0.1, 0.15) is 116 Å². The summed E-state index contributed by atoms with van der Waals surface area (Å²) in [4.78, 5) is 125. The van der Waals surface area contributed by atoms with Crippen molar-refractivity contribution in [3.8, 4) is 45.0 Å². The first-order valence-electron chi connectivity index (χ1n) is 43.5. The number of sulfone groups is 4. The maximum absolute atomic E-state index is 13.1. The average Bonchev–Trinajstić information content (AvgIpc) is 0.922. The third kappa shape index (κ3) is 32.1. The van der Waals surface area contributed by atoms with E-state index in [9.17, 15) is 85.2 Å². The van der Waals surface area contributed by atoms with Gasteiger partial charge in [0.25, 0.3) is 35.4 Å². The minimum atomic E-state index is -4.69. The monoisotopic (exact) mass is 2100 g/mol. The number of hydrogen-bond acceptors (Lipinski definition) is 22. The SMILES string of the molecule is CC(=O)Nc1cc(C(=O)Nc2ccc(Cl)c(-c3ccccn3)c2)ccc1CS(C)(=O)=O.CS(=O)(=O)Cc1ccc(C(=O)Nc2ccc(Cl)c(-c3ccccn3)c2)cc1NC(=O)CN1CCCC1.CS(=O)(=O)Cc1ccc(C(=O)Nc2ccc(Cl)c(-c3ccccn3)c2)cc1NC(=O)c1ccccc1.Cc1nc(C(F)(F)F)ccc1C(=O)Nc1cc(C(=O)Nc2ccc(Cl)c(-c3ccccn3)c2)ccc1CS(C)(=O)=O. The molecular weight excluding hydrogens is 2020 g/mol. The third-order valence-corrected chi connectivity index (χ3v) is 25.8. The van der Waals surface area contributed by atoms with Crippen LogP contribution in [0.5, 0.6) is 0 Å². The third-order valence-electron chi connectivity index (χ3n) is 21.1. The fourth-order valence-corrected chi connectivity index (χ4v) is 18.6. The first kappa shape index (κ1) is 108. The van der Waals surface area contributed by atoms with E-state index in [1.54, 1.807) is 176 Å². The minimum Gasteiger partial charge on any atom is -0.326 e. The molecule has 5 aromatic heterocycles. The molecule has 8 amide bonds. The van der Waals surface area contributed by atoms with E-state index in [2.05, 4.69) is 67.5 Å². The molecule has 9 aromatic carbocycles. The summed E-state index contributed by atoms with van der Waals surface area (Å²) in [5.74, 6) is -4.96. The molecule has 144 heavy (non-hydrogen) atoms. The van der Waals surface area contributed by atoms with Gasteiger partial charge in [-0.2, -0.15) is 13.2 Å². The van der Waals surface area contributed by atoms with E-state index >= 15 is 0 Å². The molecule has 0 aliphatic carbocycles. The van der Waals surface area contributed by atoms with Gasteiger partial charge in [0.2, 0.25) is 11.8 Å². The van der Waals surface area contributed by atoms with E-state index in [0.717, 1.165) is 57.0 Å². The predicted molar refractivity (Wildman–Crippen MR) is 555 cm³/mol. The number of aromatic nitrogens is 5. The number of alkyl halides is 3. The largest absolute Gasteiger partial charge is 0.433 e. The Morgan fingerprint density at radius 3 is 0.910 bits per heavy atom. The lowest BCUT2D eigenvalue weighted by Crippen LogP contribution is -2.31. The Morgan fingerprint density at radius 1 is 0.333 bits per heavy atom. The number of carbonyl (C=O) groups excluding carboxylic acids is 8. The van der Waals surface area contributed by atoms with Crippen molar-refractivity contribution >= 4 is 179 Å². The molecule has 0 spiro atoms. The highest BCUT2D eigenvalue weighted by Gasteiger charge is 2.34. The summed E-state index contributed by atoms with van der Waals surface area (Å²) in [6, 6.07) is 69.5. The molecule has 41 heteroatoms. The number of hydrogen-bond donors (Lipinski definition) is 8. The number of aryl methyl sites for hydroxylation is 1. The van der Waals surface area contributed by atoms with Crippen LogP contribution in [0.3, 0.4) is 0 Å². The summed E-state index contributed by atoms with van der Waals surface area (Å²) in [6.45, 7) is 4.48. The molecule has 8 N–H and O–H groups in total. The molecule has 0 bridgehead atoms. The number of nitrogens with zero attached hydrogens (tertiary/aromatic N) is 6. The molecule has 0 unspecified atom stereocenters. The van der Waals surface area contributed by atoms with Gasteiger partial charge in [-0.3, -0.25) is 63.2 Å². The molecular formula is C103H91Cl4F3N14O16S4. The highest BCUT2D eigenvalue weighted by Crippen LogP contribution is 2.37. The molecule has 1 aliphatic heterocycles. The van der Waals surface area contributed by atoms with Gasteiger partial charge in [-0.25, -0.2) is 38.7 Å². The number of likely N-dealkylation sites (tertiary alicyclic amines) is 1. The summed E-state index contributed by atoms with van der Waals surface area (Å²) in [7, 11) is -13.6. The Balaban J connectivity index is 0.000000172. The Hall–Kier alpha value is -14.8. The van der Waals surface area contributed by atoms with Crippen molar-refractivity contribution in [2.45, 2.75) is 55.9 Å². The molecule has 6 heterocycles. The Kier molecular flexibility index (Phi) is 36.2. The number of carbonyl (C=O) groups is 8. The summed E-state index contributed by atoms with van der Waals surface area (Å²) < 4.78 is 134. The van der Waals surface area contributed by atoms with E-state index in [-0.39, 0.29) is 91.8 Å². The second kappa shape index (κ2) is 48.3. The standard InChI is InChI=1S/C28H22ClF3N4O4S.C27H22ClN3O4S.C26H27ClN4O4S.C22H20ClN3O4S/c1-16-20(9-11-25(34-16)28(30,31)32)27(38)36-24-13-17(6-7-18(24)15-41(2,39)40)26(37)35-19-8-10-22(29)21(14-19)23-5-3-4-12-33-23;1-36(34,35)17-20-11-10-19(15-25(20)31-26(32)18-7-3-2-4-8-18)27(33)30-21-12-13-23(28)22(16-21)24-9-5-6-14-29-24;1-36(34,35)17-19-8-7-18(14-24(19)30-25(32)16-31-12-4-5-13-31)26(33)29-20-9-10-22(27)21(15-20)23-6-2-3-11-28-23;1-14(27)25-21-11-15(6-7-16(21)13-31(2,29)30)22(28)26-17-8-9-19(23)18(12-17)20-5-3-4-10-24-20/h3-14H,15H2,1-2H3,(H,35,37)(H,36,38);2-16H,17H2,1H3,(H,30,33)(H,31,32);2-3,6-11,14-15H,4-5,12-13,16-17H2,1H3,(H,29,33)(H,30,32);3-12H,13H2,1-2H3,(H,25,27)(H,26,28). The summed E-state index contributed by atoms with van der Waals surface area (Å²) in [6.07, 6.45) is 8.32. The lowest BCUT2D eigenvalue weighted by molar-refractivity contribution is -0.141. The van der Waals surface area contributed by atoms with Gasteiger partial charge in [-0.15, -0.1) is 0 Å². The number of benzene rings is 9. The smallest absolute Gasteiger partial charge is 0.326 e. The summed E-state index contributed by atoms with van der Waals surface area (Å²) in [5, 5.41) is 23.7. The van der Waals surface area contributed by atoms with Gasteiger partial charge in [-0.1, -0.05) is 113 Å². The average molecular weight is 2110 g/mol. The Bertz CT molecular complexity index is 7690. The van der Waals surface area contributed by atoms with E-state index in [0.29, 0.717) is 122 Å². The number of nitrogens with one attached hydrogen (secondary N) is 8. The number of halogens is 7. The fraction of sp³-hybridized carbons (Fsp3) is 0.155. The van der Waals surface area contributed by atoms with E-state index < -0.39 is 92.4 Å². The van der Waals surface area contributed by atoms with Crippen LogP contribution < -0.4 is 42.5 Å². The number of rotatable bonds is 28. The van der Waals surface area contributed by atoms with Gasteiger partial charge in [-0.05, 0) is 249 Å². The van der Waals surface area contributed by atoms with E-state index in [4.69, 9.17) is 46.4 Å².